The van der Waals surface area contributed by atoms with E-state index >= 15 is 0 Å². The highest BCUT2D eigenvalue weighted by Crippen LogP contribution is 2.22. The van der Waals surface area contributed by atoms with Gasteiger partial charge in [0.2, 0.25) is 5.91 Å². The van der Waals surface area contributed by atoms with Crippen LogP contribution in [0.4, 0.5) is 5.69 Å². The number of aryl methyl sites for hydroxylation is 1. The fourth-order valence-corrected chi connectivity index (χ4v) is 5.46. The SMILES string of the molecule is COC(=O)[C@H](Cc1ccc(OCCN(Cc2ccccc2)C(=O)CCc2ccccc2)cc1)Nc1ccccc1C(=O)c1ccccc1. The molecular formula is C41H40N2O5. The molecule has 48 heavy (non-hydrogen) atoms. The molecule has 0 aliphatic rings. The van der Waals surface area contributed by atoms with Crippen molar-refractivity contribution in [3.63, 3.8) is 0 Å². The Morgan fingerprint density at radius 2 is 1.29 bits per heavy atom. The van der Waals surface area contributed by atoms with Gasteiger partial charge in [-0.25, -0.2) is 4.79 Å². The number of rotatable bonds is 16. The van der Waals surface area contributed by atoms with Crippen molar-refractivity contribution < 1.29 is 23.9 Å². The second-order valence-electron chi connectivity index (χ2n) is 11.4. The van der Waals surface area contributed by atoms with Gasteiger partial charge in [0, 0.05) is 36.2 Å². The first-order valence-electron chi connectivity index (χ1n) is 16.1. The Morgan fingerprint density at radius 1 is 0.688 bits per heavy atom. The maximum atomic E-state index is 13.3. The van der Waals surface area contributed by atoms with Gasteiger partial charge in [-0.2, -0.15) is 0 Å². The molecule has 7 nitrogen and oxygen atoms in total. The summed E-state index contributed by atoms with van der Waals surface area (Å²) >= 11 is 0. The van der Waals surface area contributed by atoms with E-state index < -0.39 is 12.0 Å². The van der Waals surface area contributed by atoms with Gasteiger partial charge in [-0.05, 0) is 47.4 Å². The zero-order valence-corrected chi connectivity index (χ0v) is 27.1. The van der Waals surface area contributed by atoms with Gasteiger partial charge >= 0.3 is 5.97 Å². The summed E-state index contributed by atoms with van der Waals surface area (Å²) < 4.78 is 11.2. The van der Waals surface area contributed by atoms with Crippen LogP contribution in [0.2, 0.25) is 0 Å². The Labute approximate surface area is 282 Å². The number of para-hydroxylation sites is 1. The zero-order chi connectivity index (χ0) is 33.6. The minimum absolute atomic E-state index is 0.0787. The smallest absolute Gasteiger partial charge is 0.328 e. The molecule has 0 aliphatic carbocycles. The second-order valence-corrected chi connectivity index (χ2v) is 11.4. The molecule has 5 rings (SSSR count). The molecule has 1 atom stereocenters. The summed E-state index contributed by atoms with van der Waals surface area (Å²) in [6.45, 7) is 1.29. The number of benzene rings is 5. The van der Waals surface area contributed by atoms with Gasteiger partial charge in [0.1, 0.15) is 18.4 Å². The number of ether oxygens (including phenoxy) is 2. The Bertz CT molecular complexity index is 1760. The summed E-state index contributed by atoms with van der Waals surface area (Å²) in [4.78, 5) is 41.2. The molecule has 0 aliphatic heterocycles. The number of nitrogens with zero attached hydrogens (tertiary/aromatic N) is 1. The number of carbonyl (C=O) groups is 3. The Morgan fingerprint density at radius 3 is 1.96 bits per heavy atom. The van der Waals surface area contributed by atoms with Crippen LogP contribution < -0.4 is 10.1 Å². The van der Waals surface area contributed by atoms with E-state index in [9.17, 15) is 14.4 Å². The molecule has 1 amide bonds. The maximum absolute atomic E-state index is 13.3. The predicted molar refractivity (Wildman–Crippen MR) is 188 cm³/mol. The van der Waals surface area contributed by atoms with Crippen molar-refractivity contribution in [1.29, 1.82) is 0 Å². The number of esters is 1. The van der Waals surface area contributed by atoms with Crippen molar-refractivity contribution in [3.05, 3.63) is 167 Å². The first kappa shape index (κ1) is 33.7. The molecule has 0 bridgehead atoms. The third-order valence-electron chi connectivity index (χ3n) is 8.06. The number of hydrogen-bond acceptors (Lipinski definition) is 6. The molecule has 5 aromatic rings. The molecule has 0 fully saturated rings. The molecular weight excluding hydrogens is 600 g/mol. The fraction of sp³-hybridized carbons (Fsp3) is 0.195. The zero-order valence-electron chi connectivity index (χ0n) is 27.1. The number of nitrogens with one attached hydrogen (secondary N) is 1. The van der Waals surface area contributed by atoms with Gasteiger partial charge in [-0.15, -0.1) is 0 Å². The van der Waals surface area contributed by atoms with Crippen LogP contribution in [0.3, 0.4) is 0 Å². The quantitative estimate of drug-likeness (QED) is 0.0911. The first-order valence-corrected chi connectivity index (χ1v) is 16.1. The molecule has 1 N–H and O–H groups in total. The van der Waals surface area contributed by atoms with E-state index in [-0.39, 0.29) is 11.7 Å². The van der Waals surface area contributed by atoms with E-state index in [1.165, 1.54) is 7.11 Å². The highest BCUT2D eigenvalue weighted by molar-refractivity contribution is 6.12. The van der Waals surface area contributed by atoms with Crippen LogP contribution in [0, 0.1) is 0 Å². The molecule has 0 heterocycles. The first-order chi connectivity index (χ1) is 23.5. The van der Waals surface area contributed by atoms with Crippen LogP contribution in [0.25, 0.3) is 0 Å². The van der Waals surface area contributed by atoms with Crippen molar-refractivity contribution in [1.82, 2.24) is 4.90 Å². The van der Waals surface area contributed by atoms with Crippen LogP contribution in [0.5, 0.6) is 5.75 Å². The summed E-state index contributed by atoms with van der Waals surface area (Å²) in [6, 6.07) is 43.0. The summed E-state index contributed by atoms with van der Waals surface area (Å²) in [7, 11) is 1.35. The molecule has 0 saturated heterocycles. The molecule has 244 valence electrons. The molecule has 0 saturated carbocycles. The molecule has 7 heteroatoms. The van der Waals surface area contributed by atoms with E-state index in [0.717, 1.165) is 16.7 Å². The van der Waals surface area contributed by atoms with E-state index in [1.54, 1.807) is 30.3 Å². The maximum Gasteiger partial charge on any atom is 0.328 e. The van der Waals surface area contributed by atoms with Gasteiger partial charge < -0.3 is 19.7 Å². The number of anilines is 1. The fourth-order valence-electron chi connectivity index (χ4n) is 5.46. The van der Waals surface area contributed by atoms with Crippen molar-refractivity contribution >= 4 is 23.3 Å². The molecule has 0 aromatic heterocycles. The van der Waals surface area contributed by atoms with Crippen molar-refractivity contribution in [3.8, 4) is 5.75 Å². The van der Waals surface area contributed by atoms with Crippen molar-refractivity contribution in [2.45, 2.75) is 31.8 Å². The van der Waals surface area contributed by atoms with Crippen LogP contribution in [0.15, 0.2) is 140 Å². The van der Waals surface area contributed by atoms with Crippen LogP contribution in [-0.4, -0.2) is 48.9 Å². The molecule has 0 spiro atoms. The normalized spacial score (nSPS) is 11.3. The number of hydrogen-bond donors (Lipinski definition) is 1. The number of ketones is 1. The minimum Gasteiger partial charge on any atom is -0.492 e. The van der Waals surface area contributed by atoms with Gasteiger partial charge in [0.15, 0.2) is 5.78 Å². The largest absolute Gasteiger partial charge is 0.492 e. The monoisotopic (exact) mass is 640 g/mol. The Kier molecular flexibility index (Phi) is 12.1. The summed E-state index contributed by atoms with van der Waals surface area (Å²) in [6.07, 6.45) is 1.44. The molecule has 0 radical (unpaired) electrons. The average Bonchev–Trinajstić information content (AvgIpc) is 3.14. The number of carbonyl (C=O) groups excluding carboxylic acids is 3. The number of methoxy groups -OCH3 is 1. The van der Waals surface area contributed by atoms with Crippen LogP contribution in [-0.2, 0) is 33.7 Å². The van der Waals surface area contributed by atoms with Crippen molar-refractivity contribution in [2.75, 3.05) is 25.6 Å². The van der Waals surface area contributed by atoms with E-state index in [0.29, 0.717) is 61.5 Å². The van der Waals surface area contributed by atoms with E-state index in [1.807, 2.05) is 114 Å². The molecule has 0 unspecified atom stereocenters. The van der Waals surface area contributed by atoms with Crippen LogP contribution >= 0.6 is 0 Å². The lowest BCUT2D eigenvalue weighted by Gasteiger charge is -2.23. The summed E-state index contributed by atoms with van der Waals surface area (Å²) in [5, 5.41) is 3.25. The third kappa shape index (κ3) is 9.66. The summed E-state index contributed by atoms with van der Waals surface area (Å²) in [5.41, 5.74) is 4.68. The lowest BCUT2D eigenvalue weighted by molar-refractivity contribution is -0.141. The predicted octanol–water partition coefficient (Wildman–Crippen LogP) is 7.15. The topological polar surface area (TPSA) is 84.9 Å². The van der Waals surface area contributed by atoms with E-state index in [4.69, 9.17) is 9.47 Å². The van der Waals surface area contributed by atoms with Gasteiger partial charge in [-0.3, -0.25) is 9.59 Å². The highest BCUT2D eigenvalue weighted by atomic mass is 16.5. The van der Waals surface area contributed by atoms with Crippen LogP contribution in [0.1, 0.15) is 39.0 Å². The lowest BCUT2D eigenvalue weighted by atomic mass is 10.00. The molecule has 5 aromatic carbocycles. The van der Waals surface area contributed by atoms with E-state index in [2.05, 4.69) is 5.32 Å². The Hall–Kier alpha value is -5.69. The summed E-state index contributed by atoms with van der Waals surface area (Å²) in [5.74, 6) is 0.170. The van der Waals surface area contributed by atoms with Gasteiger partial charge in [0.25, 0.3) is 0 Å². The average molecular weight is 641 g/mol. The van der Waals surface area contributed by atoms with Crippen molar-refractivity contribution in [2.24, 2.45) is 0 Å². The van der Waals surface area contributed by atoms with Gasteiger partial charge in [-0.1, -0.05) is 115 Å². The third-order valence-corrected chi connectivity index (χ3v) is 8.06. The Balaban J connectivity index is 1.20. The highest BCUT2D eigenvalue weighted by Gasteiger charge is 2.23. The number of amides is 1. The van der Waals surface area contributed by atoms with Gasteiger partial charge in [0.05, 0.1) is 13.7 Å². The lowest BCUT2D eigenvalue weighted by Crippen LogP contribution is -2.34. The minimum atomic E-state index is -0.722. The standard InChI is InChI=1S/C41H40N2O5/c1-47-41(46)38(42-37-20-12-11-19-36(37)40(45)34-17-9-4-10-18-34)29-32-21-24-35(25-22-32)48-28-27-43(30-33-15-7-3-8-16-33)39(44)26-23-31-13-5-2-6-14-31/h2-22,24-25,38,42H,23,26-30H2,1H3/t38-/m0/s1. The second kappa shape index (κ2) is 17.3.